The molecule has 0 saturated carbocycles. The van der Waals surface area contributed by atoms with Gasteiger partial charge in [0.05, 0.1) is 12.2 Å². The summed E-state index contributed by atoms with van der Waals surface area (Å²) in [4.78, 5) is 14.1. The second-order valence-corrected chi connectivity index (χ2v) is 8.84. The molecule has 1 fully saturated rings. The molecule has 3 heterocycles. The van der Waals surface area contributed by atoms with Crippen LogP contribution in [-0.4, -0.2) is 57.7 Å². The fourth-order valence-corrected chi connectivity index (χ4v) is 4.14. The molecule has 4 rings (SSSR count). The molecule has 0 atom stereocenters. The van der Waals surface area contributed by atoms with Gasteiger partial charge in [0.2, 0.25) is 11.9 Å². The van der Waals surface area contributed by atoms with Crippen molar-refractivity contribution in [2.24, 2.45) is 21.6 Å². The van der Waals surface area contributed by atoms with E-state index in [4.69, 9.17) is 15.7 Å². The van der Waals surface area contributed by atoms with Crippen LogP contribution < -0.4 is 11.1 Å². The van der Waals surface area contributed by atoms with E-state index in [1.54, 1.807) is 6.20 Å². The summed E-state index contributed by atoms with van der Waals surface area (Å²) in [5.74, 6) is 2.80. The van der Waals surface area contributed by atoms with Crippen molar-refractivity contribution in [2.45, 2.75) is 39.3 Å². The van der Waals surface area contributed by atoms with Gasteiger partial charge in [-0.3, -0.25) is 4.90 Å². The fraction of sp³-hybridized carbons (Fsp3) is 0.400. The third-order valence-electron chi connectivity index (χ3n) is 6.11. The molecule has 3 N–H and O–H groups in total. The molecule has 0 aliphatic carbocycles. The van der Waals surface area contributed by atoms with Gasteiger partial charge in [-0.1, -0.05) is 38.6 Å². The fourth-order valence-electron chi connectivity index (χ4n) is 4.14. The minimum atomic E-state index is 0.262. The number of nitrogens with one attached hydrogen (secondary N) is 1. The highest BCUT2D eigenvalue weighted by Gasteiger charge is 2.28. The molecule has 0 amide bonds. The first-order chi connectivity index (χ1) is 16.0. The van der Waals surface area contributed by atoms with E-state index in [9.17, 15) is 0 Å². The van der Waals surface area contributed by atoms with Gasteiger partial charge in [0, 0.05) is 38.6 Å². The summed E-state index contributed by atoms with van der Waals surface area (Å²) in [5, 5.41) is 7.88. The standard InChI is InChI=1S/C25H34N8/c1-5-22(18(2)3)23-29-25(32-14-10-20(26)11-15-32)30-24(31(23)4)27-17-19-8-6-9-21(16-19)33-13-7-12-28-33/h5-9,12-13,16,18,20H,1,10-11,14-15,17,26H2,2-4H3,(H,27,29,30)/b23-22+. The van der Waals surface area contributed by atoms with Gasteiger partial charge in [0.1, 0.15) is 5.82 Å². The average Bonchev–Trinajstić information content (AvgIpc) is 3.35. The number of guanidine groups is 2. The Morgan fingerprint density at radius 2 is 2.09 bits per heavy atom. The van der Waals surface area contributed by atoms with Crippen molar-refractivity contribution in [1.82, 2.24) is 24.9 Å². The predicted molar refractivity (Wildman–Crippen MR) is 134 cm³/mol. The van der Waals surface area contributed by atoms with E-state index in [0.29, 0.717) is 18.4 Å². The maximum Gasteiger partial charge on any atom is 0.229 e. The second-order valence-electron chi connectivity index (χ2n) is 8.84. The number of likely N-dealkylation sites (tertiary alicyclic amines) is 1. The molecule has 0 unspecified atom stereocenters. The van der Waals surface area contributed by atoms with Crippen LogP contribution in [0, 0.1) is 5.92 Å². The van der Waals surface area contributed by atoms with Gasteiger partial charge >= 0.3 is 0 Å². The van der Waals surface area contributed by atoms with E-state index in [-0.39, 0.29) is 6.04 Å². The molecule has 1 saturated heterocycles. The van der Waals surface area contributed by atoms with E-state index < -0.39 is 0 Å². The summed E-state index contributed by atoms with van der Waals surface area (Å²) in [7, 11) is 2.00. The topological polar surface area (TPSA) is 87.1 Å². The zero-order valence-corrected chi connectivity index (χ0v) is 19.8. The Morgan fingerprint density at radius 1 is 1.30 bits per heavy atom. The highest BCUT2D eigenvalue weighted by molar-refractivity contribution is 5.99. The summed E-state index contributed by atoms with van der Waals surface area (Å²) < 4.78 is 1.85. The monoisotopic (exact) mass is 446 g/mol. The number of aromatic nitrogens is 2. The Morgan fingerprint density at radius 3 is 2.76 bits per heavy atom. The van der Waals surface area contributed by atoms with E-state index in [0.717, 1.165) is 54.5 Å². The van der Waals surface area contributed by atoms with Crippen LogP contribution in [0.15, 0.2) is 76.8 Å². The van der Waals surface area contributed by atoms with Gasteiger partial charge < -0.3 is 16.0 Å². The Labute approximate surface area is 196 Å². The SMILES string of the molecule is C=C/C(=C1/NC(N2CCC(N)CC2)=NC(=NCc2cccc(-n3cccn3)c2)N1C)C(C)C. The number of allylic oxidation sites excluding steroid dienone is 2. The van der Waals surface area contributed by atoms with E-state index in [1.807, 2.05) is 47.1 Å². The van der Waals surface area contributed by atoms with Crippen molar-refractivity contribution in [3.63, 3.8) is 0 Å². The molecule has 0 radical (unpaired) electrons. The van der Waals surface area contributed by atoms with Gasteiger partial charge in [-0.25, -0.2) is 9.67 Å². The number of benzene rings is 1. The highest BCUT2D eigenvalue weighted by Crippen LogP contribution is 2.22. The third-order valence-corrected chi connectivity index (χ3v) is 6.11. The van der Waals surface area contributed by atoms with Gasteiger partial charge in [0.25, 0.3) is 0 Å². The summed E-state index contributed by atoms with van der Waals surface area (Å²) >= 11 is 0. The molecule has 0 bridgehead atoms. The number of piperidine rings is 1. The molecule has 2 aliphatic rings. The highest BCUT2D eigenvalue weighted by atomic mass is 15.4. The van der Waals surface area contributed by atoms with Gasteiger partial charge in [-0.2, -0.15) is 10.1 Å². The molecular formula is C25H34N8. The number of hydrogen-bond acceptors (Lipinski definition) is 5. The zero-order chi connectivity index (χ0) is 23.4. The number of rotatable bonds is 5. The third kappa shape index (κ3) is 5.17. The lowest BCUT2D eigenvalue weighted by Gasteiger charge is -2.38. The molecule has 174 valence electrons. The Hall–Kier alpha value is -3.39. The second kappa shape index (κ2) is 10.0. The number of hydrogen-bond donors (Lipinski definition) is 2. The predicted octanol–water partition coefficient (Wildman–Crippen LogP) is 3.10. The molecule has 1 aromatic carbocycles. The average molecular weight is 447 g/mol. The Bertz CT molecular complexity index is 1060. The van der Waals surface area contributed by atoms with Crippen LogP contribution in [0.2, 0.25) is 0 Å². The van der Waals surface area contributed by atoms with Crippen LogP contribution in [0.4, 0.5) is 0 Å². The number of aliphatic imine (C=N–C) groups is 2. The van der Waals surface area contributed by atoms with Crippen LogP contribution in [0.3, 0.4) is 0 Å². The van der Waals surface area contributed by atoms with Crippen molar-refractivity contribution in [3.05, 3.63) is 72.3 Å². The zero-order valence-electron chi connectivity index (χ0n) is 19.8. The first-order valence-electron chi connectivity index (χ1n) is 11.6. The Kier molecular flexibility index (Phi) is 6.93. The number of nitrogens with two attached hydrogens (primary N) is 1. The quantitative estimate of drug-likeness (QED) is 0.737. The normalized spacial score (nSPS) is 20.2. The molecule has 2 aliphatic heterocycles. The molecular weight excluding hydrogens is 412 g/mol. The molecule has 8 heteroatoms. The largest absolute Gasteiger partial charge is 0.342 e. The molecule has 8 nitrogen and oxygen atoms in total. The smallest absolute Gasteiger partial charge is 0.229 e. The number of nitrogens with zero attached hydrogens (tertiary/aromatic N) is 6. The lowest BCUT2D eigenvalue weighted by Crippen LogP contribution is -2.53. The van der Waals surface area contributed by atoms with Crippen molar-refractivity contribution in [2.75, 3.05) is 20.1 Å². The van der Waals surface area contributed by atoms with Crippen LogP contribution in [0.25, 0.3) is 5.69 Å². The minimum absolute atomic E-state index is 0.262. The van der Waals surface area contributed by atoms with Crippen LogP contribution in [0.1, 0.15) is 32.3 Å². The van der Waals surface area contributed by atoms with Gasteiger partial charge in [-0.15, -0.1) is 0 Å². The first-order valence-corrected chi connectivity index (χ1v) is 11.6. The van der Waals surface area contributed by atoms with Crippen molar-refractivity contribution >= 4 is 11.9 Å². The minimum Gasteiger partial charge on any atom is -0.342 e. The molecule has 2 aromatic rings. The Balaban J connectivity index is 1.65. The molecule has 33 heavy (non-hydrogen) atoms. The maximum atomic E-state index is 6.12. The van der Waals surface area contributed by atoms with Crippen LogP contribution in [-0.2, 0) is 6.54 Å². The van der Waals surface area contributed by atoms with Gasteiger partial charge in [-0.05, 0) is 48.1 Å². The maximum absolute atomic E-state index is 6.12. The lowest BCUT2D eigenvalue weighted by atomic mass is 10.0. The summed E-state index contributed by atoms with van der Waals surface area (Å²) in [6, 6.07) is 10.4. The lowest BCUT2D eigenvalue weighted by molar-refractivity contribution is 0.303. The van der Waals surface area contributed by atoms with Gasteiger partial charge in [0.15, 0.2) is 0 Å². The van der Waals surface area contributed by atoms with E-state index in [1.165, 1.54) is 0 Å². The van der Waals surface area contributed by atoms with Crippen LogP contribution in [0.5, 0.6) is 0 Å². The van der Waals surface area contributed by atoms with E-state index >= 15 is 0 Å². The summed E-state index contributed by atoms with van der Waals surface area (Å²) in [6.45, 7) is 10.7. The van der Waals surface area contributed by atoms with Crippen molar-refractivity contribution in [1.29, 1.82) is 0 Å². The summed E-state index contributed by atoms with van der Waals surface area (Å²) in [6.07, 6.45) is 7.55. The molecule has 0 spiro atoms. The van der Waals surface area contributed by atoms with Crippen LogP contribution >= 0.6 is 0 Å². The van der Waals surface area contributed by atoms with Crippen molar-refractivity contribution in [3.8, 4) is 5.69 Å². The van der Waals surface area contributed by atoms with Crippen molar-refractivity contribution < 1.29 is 0 Å². The van der Waals surface area contributed by atoms with E-state index in [2.05, 4.69) is 47.9 Å². The summed E-state index contributed by atoms with van der Waals surface area (Å²) in [5.41, 5.74) is 9.37. The first kappa shape index (κ1) is 22.8. The molecule has 1 aromatic heterocycles.